The Hall–Kier alpha value is -1.26. The molecule has 5 heteroatoms. The van der Waals surface area contributed by atoms with Crippen LogP contribution in [-0.2, 0) is 16.1 Å². The van der Waals surface area contributed by atoms with E-state index in [0.29, 0.717) is 22.9 Å². The highest BCUT2D eigenvalue weighted by Gasteiger charge is 2.25. The molecular weight excluding hydrogens is 232 g/mol. The summed E-state index contributed by atoms with van der Waals surface area (Å²) in [5.41, 5.74) is 1.31. The van der Waals surface area contributed by atoms with Gasteiger partial charge in [0, 0.05) is 10.6 Å². The molecule has 0 spiro atoms. The molecule has 1 N–H and O–H groups in total. The van der Waals surface area contributed by atoms with Crippen molar-refractivity contribution in [3.8, 4) is 5.75 Å². The van der Waals surface area contributed by atoms with Gasteiger partial charge < -0.3 is 14.6 Å². The lowest BCUT2D eigenvalue weighted by Gasteiger charge is -2.22. The molecule has 1 heterocycles. The number of aliphatic carboxylic acids is 1. The van der Waals surface area contributed by atoms with Crippen molar-refractivity contribution in [1.82, 2.24) is 0 Å². The molecule has 1 aromatic rings. The molecule has 1 unspecified atom stereocenters. The maximum Gasteiger partial charge on any atom is 0.310 e. The fourth-order valence-corrected chi connectivity index (χ4v) is 2.08. The molecule has 0 saturated carbocycles. The van der Waals surface area contributed by atoms with Gasteiger partial charge in [-0.1, -0.05) is 11.6 Å². The summed E-state index contributed by atoms with van der Waals surface area (Å²) in [6.07, 6.45) is 0. The zero-order valence-electron chi connectivity index (χ0n) is 8.70. The van der Waals surface area contributed by atoms with Gasteiger partial charge in [0.1, 0.15) is 5.75 Å². The minimum atomic E-state index is -0.916. The Kier molecular flexibility index (Phi) is 3.03. The largest absolute Gasteiger partial charge is 0.481 e. The summed E-state index contributed by atoms with van der Waals surface area (Å²) in [4.78, 5) is 11.0. The van der Waals surface area contributed by atoms with Gasteiger partial charge in [-0.25, -0.2) is 0 Å². The molecule has 0 bridgehead atoms. The average Bonchev–Trinajstić information content (AvgIpc) is 2.28. The maximum atomic E-state index is 11.0. The molecule has 2 rings (SSSR count). The zero-order valence-corrected chi connectivity index (χ0v) is 9.45. The average molecular weight is 243 g/mol. The van der Waals surface area contributed by atoms with E-state index in [1.54, 1.807) is 19.1 Å². The van der Waals surface area contributed by atoms with Crippen molar-refractivity contribution in [3.63, 3.8) is 0 Å². The van der Waals surface area contributed by atoms with Gasteiger partial charge in [-0.05, 0) is 24.6 Å². The summed E-state index contributed by atoms with van der Waals surface area (Å²) in [6.45, 7) is 2.12. The molecule has 0 amide bonds. The van der Waals surface area contributed by atoms with Crippen LogP contribution in [-0.4, -0.2) is 17.9 Å². The van der Waals surface area contributed by atoms with Crippen LogP contribution >= 0.6 is 11.6 Å². The molecular formula is C11H11ClO4. The van der Waals surface area contributed by atoms with E-state index in [9.17, 15) is 4.79 Å². The maximum absolute atomic E-state index is 11.0. The third kappa shape index (κ3) is 1.86. The van der Waals surface area contributed by atoms with Gasteiger partial charge in [-0.15, -0.1) is 0 Å². The number of halogens is 1. The molecule has 0 aromatic heterocycles. The molecule has 1 aromatic carbocycles. The number of benzene rings is 1. The Bertz CT molecular complexity index is 430. The van der Waals surface area contributed by atoms with Crippen LogP contribution in [0.2, 0.25) is 5.02 Å². The Morgan fingerprint density at radius 2 is 2.31 bits per heavy atom. The number of hydrogen-bond donors (Lipinski definition) is 1. The predicted molar refractivity (Wildman–Crippen MR) is 57.8 cm³/mol. The van der Waals surface area contributed by atoms with Crippen molar-refractivity contribution in [3.05, 3.63) is 28.3 Å². The van der Waals surface area contributed by atoms with Crippen LogP contribution in [0, 0.1) is 0 Å². The van der Waals surface area contributed by atoms with E-state index in [4.69, 9.17) is 26.2 Å². The standard InChI is InChI=1S/C11H11ClO4/c1-6(11(13)14)10-7-4-15-5-16-9(7)3-2-8(10)12/h2-3,6H,4-5H2,1H3,(H,13,14). The second-order valence-corrected chi connectivity index (χ2v) is 4.02. The quantitative estimate of drug-likeness (QED) is 0.865. The van der Waals surface area contributed by atoms with E-state index in [1.165, 1.54) is 0 Å². The molecule has 0 aliphatic carbocycles. The third-order valence-electron chi connectivity index (χ3n) is 2.61. The van der Waals surface area contributed by atoms with Crippen LogP contribution in [0.4, 0.5) is 0 Å². The van der Waals surface area contributed by atoms with Crippen molar-refractivity contribution >= 4 is 17.6 Å². The van der Waals surface area contributed by atoms with E-state index in [2.05, 4.69) is 0 Å². The van der Waals surface area contributed by atoms with Crippen molar-refractivity contribution in [2.45, 2.75) is 19.4 Å². The van der Waals surface area contributed by atoms with Crippen LogP contribution in [0.5, 0.6) is 5.75 Å². The van der Waals surface area contributed by atoms with Crippen LogP contribution in [0.1, 0.15) is 24.0 Å². The summed E-state index contributed by atoms with van der Waals surface area (Å²) in [5.74, 6) is -0.938. The number of fused-ring (bicyclic) bond motifs is 1. The summed E-state index contributed by atoms with van der Waals surface area (Å²) in [7, 11) is 0. The van der Waals surface area contributed by atoms with E-state index >= 15 is 0 Å². The van der Waals surface area contributed by atoms with E-state index in [1.807, 2.05) is 0 Å². The predicted octanol–water partition coefficient (Wildman–Crippen LogP) is 2.39. The number of rotatable bonds is 2. The lowest BCUT2D eigenvalue weighted by atomic mass is 9.95. The molecule has 0 radical (unpaired) electrons. The second kappa shape index (κ2) is 4.31. The van der Waals surface area contributed by atoms with Gasteiger partial charge in [0.15, 0.2) is 6.79 Å². The highest BCUT2D eigenvalue weighted by molar-refractivity contribution is 6.31. The first kappa shape index (κ1) is 11.2. The highest BCUT2D eigenvalue weighted by Crippen LogP contribution is 2.36. The fraction of sp³-hybridized carbons (Fsp3) is 0.364. The Morgan fingerprint density at radius 1 is 1.56 bits per heavy atom. The van der Waals surface area contributed by atoms with Gasteiger partial charge in [0.2, 0.25) is 0 Å². The highest BCUT2D eigenvalue weighted by atomic mass is 35.5. The Labute approximate surface area is 97.7 Å². The number of carboxylic acid groups (broad SMARTS) is 1. The molecule has 1 atom stereocenters. The van der Waals surface area contributed by atoms with Crippen LogP contribution < -0.4 is 4.74 Å². The second-order valence-electron chi connectivity index (χ2n) is 3.61. The minimum absolute atomic E-state index is 0.190. The first-order valence-electron chi connectivity index (χ1n) is 4.86. The van der Waals surface area contributed by atoms with Crippen LogP contribution in [0.15, 0.2) is 12.1 Å². The molecule has 16 heavy (non-hydrogen) atoms. The summed E-state index contributed by atoms with van der Waals surface area (Å²) in [6, 6.07) is 3.39. The lowest BCUT2D eigenvalue weighted by Crippen LogP contribution is -2.17. The zero-order chi connectivity index (χ0) is 11.7. The summed E-state index contributed by atoms with van der Waals surface area (Å²) < 4.78 is 10.4. The smallest absolute Gasteiger partial charge is 0.310 e. The molecule has 4 nitrogen and oxygen atoms in total. The number of carboxylic acids is 1. The SMILES string of the molecule is CC(C(=O)O)c1c(Cl)ccc2c1COCO2. The van der Waals surface area contributed by atoms with Gasteiger partial charge in [-0.3, -0.25) is 4.79 Å². The van der Waals surface area contributed by atoms with Gasteiger partial charge >= 0.3 is 5.97 Å². The molecule has 1 aliphatic heterocycles. The fourth-order valence-electron chi connectivity index (χ4n) is 1.74. The normalized spacial score (nSPS) is 16.1. The van der Waals surface area contributed by atoms with Crippen LogP contribution in [0.25, 0.3) is 0 Å². The minimum Gasteiger partial charge on any atom is -0.481 e. The summed E-state index contributed by atoms with van der Waals surface area (Å²) >= 11 is 6.03. The first-order valence-corrected chi connectivity index (χ1v) is 5.23. The Morgan fingerprint density at radius 3 is 3.00 bits per heavy atom. The van der Waals surface area contributed by atoms with Crippen molar-refractivity contribution in [2.75, 3.05) is 6.79 Å². The topological polar surface area (TPSA) is 55.8 Å². The number of hydrogen-bond acceptors (Lipinski definition) is 3. The lowest BCUT2D eigenvalue weighted by molar-refractivity contribution is -0.138. The molecule has 86 valence electrons. The molecule has 1 aliphatic rings. The summed E-state index contributed by atoms with van der Waals surface area (Å²) in [5, 5.41) is 9.45. The Balaban J connectivity index is 2.53. The van der Waals surface area contributed by atoms with Crippen molar-refractivity contribution in [1.29, 1.82) is 0 Å². The van der Waals surface area contributed by atoms with Crippen molar-refractivity contribution < 1.29 is 19.4 Å². The molecule has 0 saturated heterocycles. The monoisotopic (exact) mass is 242 g/mol. The van der Waals surface area contributed by atoms with Gasteiger partial charge in [-0.2, -0.15) is 0 Å². The molecule has 0 fully saturated rings. The van der Waals surface area contributed by atoms with E-state index in [0.717, 1.165) is 5.56 Å². The number of ether oxygens (including phenoxy) is 2. The third-order valence-corrected chi connectivity index (χ3v) is 2.94. The van der Waals surface area contributed by atoms with Crippen LogP contribution in [0.3, 0.4) is 0 Å². The van der Waals surface area contributed by atoms with Gasteiger partial charge in [0.05, 0.1) is 12.5 Å². The van der Waals surface area contributed by atoms with Crippen molar-refractivity contribution in [2.24, 2.45) is 0 Å². The van der Waals surface area contributed by atoms with Gasteiger partial charge in [0.25, 0.3) is 0 Å². The van der Waals surface area contributed by atoms with E-state index in [-0.39, 0.29) is 6.79 Å². The van der Waals surface area contributed by atoms with E-state index < -0.39 is 11.9 Å². The number of carbonyl (C=O) groups is 1. The first-order chi connectivity index (χ1) is 7.61.